The third-order valence-electron chi connectivity index (χ3n) is 4.40. The number of H-pyrrole nitrogens is 1. The molecule has 0 spiro atoms. The van der Waals surface area contributed by atoms with Crippen LogP contribution < -0.4 is 5.73 Å². The van der Waals surface area contributed by atoms with Gasteiger partial charge in [-0.2, -0.15) is 0 Å². The fourth-order valence-corrected chi connectivity index (χ4v) is 2.83. The summed E-state index contributed by atoms with van der Waals surface area (Å²) in [7, 11) is 2.18. The van der Waals surface area contributed by atoms with Crippen molar-refractivity contribution < 1.29 is 4.74 Å². The first-order chi connectivity index (χ1) is 8.73. The number of hydrogen-bond acceptors (Lipinski definition) is 4. The van der Waals surface area contributed by atoms with Crippen LogP contribution in [-0.2, 0) is 10.2 Å². The van der Waals surface area contributed by atoms with Gasteiger partial charge in [0.2, 0.25) is 0 Å². The van der Waals surface area contributed by atoms with Crippen LogP contribution in [0.4, 0.5) is 0 Å². The molecule has 1 aromatic heterocycles. The van der Waals surface area contributed by atoms with E-state index in [1.54, 1.807) is 0 Å². The summed E-state index contributed by atoms with van der Waals surface area (Å²) in [5.74, 6) is 1.64. The number of ether oxygens (including phenoxy) is 1. The molecule has 2 saturated heterocycles. The van der Waals surface area contributed by atoms with Crippen molar-refractivity contribution in [3.63, 3.8) is 0 Å². The number of aromatic amines is 1. The molecule has 3 rings (SSSR count). The second kappa shape index (κ2) is 4.64. The smallest absolute Gasteiger partial charge is 0.118 e. The lowest BCUT2D eigenvalue weighted by Crippen LogP contribution is -2.53. The molecule has 5 heteroatoms. The van der Waals surface area contributed by atoms with Crippen molar-refractivity contribution in [1.29, 1.82) is 0 Å². The van der Waals surface area contributed by atoms with E-state index < -0.39 is 0 Å². The first-order valence-electron chi connectivity index (χ1n) is 6.75. The predicted molar refractivity (Wildman–Crippen MR) is 69.6 cm³/mol. The third-order valence-corrected chi connectivity index (χ3v) is 4.40. The summed E-state index contributed by atoms with van der Waals surface area (Å²) >= 11 is 0. The van der Waals surface area contributed by atoms with Gasteiger partial charge in [0.05, 0.1) is 18.6 Å². The molecule has 0 aliphatic carbocycles. The third kappa shape index (κ3) is 1.96. The molecule has 0 atom stereocenters. The molecule has 1 aromatic rings. The van der Waals surface area contributed by atoms with Crippen molar-refractivity contribution in [2.75, 3.05) is 39.9 Å². The topological polar surface area (TPSA) is 67.2 Å². The molecule has 3 heterocycles. The molecule has 0 saturated carbocycles. The first-order valence-corrected chi connectivity index (χ1v) is 6.75. The lowest BCUT2D eigenvalue weighted by atomic mass is 9.85. The van der Waals surface area contributed by atoms with Crippen molar-refractivity contribution in [1.82, 2.24) is 14.9 Å². The van der Waals surface area contributed by atoms with E-state index in [-0.39, 0.29) is 5.41 Å². The molecule has 2 fully saturated rings. The van der Waals surface area contributed by atoms with Crippen molar-refractivity contribution in [3.05, 3.63) is 17.7 Å². The summed E-state index contributed by atoms with van der Waals surface area (Å²) < 4.78 is 5.31. The number of aromatic nitrogens is 2. The van der Waals surface area contributed by atoms with Crippen LogP contribution in [0, 0.1) is 0 Å². The number of likely N-dealkylation sites (tertiary alicyclic amines) is 1. The van der Waals surface area contributed by atoms with Crippen molar-refractivity contribution in [3.8, 4) is 0 Å². The Morgan fingerprint density at radius 3 is 2.78 bits per heavy atom. The SMILES string of the molecule is CN1CCC(c2cnc(C3(CN)COC3)[nH]2)CC1. The standard InChI is InChI=1S/C13H22N4O/c1-17-4-2-10(3-5-17)11-6-15-12(16-11)13(7-14)8-18-9-13/h6,10H,2-5,7-9,14H2,1H3,(H,15,16). The monoisotopic (exact) mass is 250 g/mol. The Kier molecular flexibility index (Phi) is 3.13. The number of nitrogens with zero attached hydrogens (tertiary/aromatic N) is 2. The zero-order valence-corrected chi connectivity index (χ0v) is 11.0. The quantitative estimate of drug-likeness (QED) is 0.817. The molecular formula is C13H22N4O. The zero-order valence-electron chi connectivity index (χ0n) is 11.0. The Hall–Kier alpha value is -0.910. The van der Waals surface area contributed by atoms with E-state index in [1.165, 1.54) is 31.6 Å². The molecular weight excluding hydrogens is 228 g/mol. The minimum atomic E-state index is -0.0519. The van der Waals surface area contributed by atoms with E-state index in [1.807, 2.05) is 6.20 Å². The number of hydrogen-bond donors (Lipinski definition) is 2. The van der Waals surface area contributed by atoms with Gasteiger partial charge in [-0.3, -0.25) is 0 Å². The van der Waals surface area contributed by atoms with Crippen LogP contribution in [0.1, 0.15) is 30.3 Å². The van der Waals surface area contributed by atoms with Gasteiger partial charge in [0.1, 0.15) is 5.82 Å². The van der Waals surface area contributed by atoms with E-state index in [0.29, 0.717) is 25.7 Å². The van der Waals surface area contributed by atoms with Crippen molar-refractivity contribution in [2.24, 2.45) is 5.73 Å². The van der Waals surface area contributed by atoms with E-state index in [2.05, 4.69) is 21.9 Å². The maximum Gasteiger partial charge on any atom is 0.118 e. The number of imidazole rings is 1. The summed E-state index contributed by atoms with van der Waals surface area (Å²) in [6.07, 6.45) is 4.43. The molecule has 0 unspecified atom stereocenters. The van der Waals surface area contributed by atoms with E-state index in [9.17, 15) is 0 Å². The van der Waals surface area contributed by atoms with Crippen molar-refractivity contribution >= 4 is 0 Å². The highest BCUT2D eigenvalue weighted by atomic mass is 16.5. The van der Waals surface area contributed by atoms with Crippen LogP contribution in [-0.4, -0.2) is 54.8 Å². The lowest BCUT2D eigenvalue weighted by molar-refractivity contribution is -0.0590. The van der Waals surface area contributed by atoms with Gasteiger partial charge >= 0.3 is 0 Å². The summed E-state index contributed by atoms with van der Waals surface area (Å²) in [5.41, 5.74) is 7.08. The number of nitrogens with two attached hydrogens (primary N) is 1. The Balaban J connectivity index is 1.73. The molecule has 100 valence electrons. The van der Waals surface area contributed by atoms with E-state index in [0.717, 1.165) is 5.82 Å². The highest BCUT2D eigenvalue weighted by molar-refractivity contribution is 5.19. The number of rotatable bonds is 3. The Bertz CT molecular complexity index is 399. The fourth-order valence-electron chi connectivity index (χ4n) is 2.83. The van der Waals surface area contributed by atoms with Crippen LogP contribution in [0.2, 0.25) is 0 Å². The Morgan fingerprint density at radius 2 is 2.22 bits per heavy atom. The van der Waals surface area contributed by atoms with Crippen LogP contribution in [0.15, 0.2) is 6.20 Å². The van der Waals surface area contributed by atoms with Gasteiger partial charge < -0.3 is 20.4 Å². The van der Waals surface area contributed by atoms with Gasteiger partial charge in [0.25, 0.3) is 0 Å². The summed E-state index contributed by atoms with van der Waals surface area (Å²) in [6, 6.07) is 0. The largest absolute Gasteiger partial charge is 0.379 e. The highest BCUT2D eigenvalue weighted by Gasteiger charge is 2.42. The summed E-state index contributed by atoms with van der Waals surface area (Å²) in [5, 5.41) is 0. The molecule has 0 amide bonds. The van der Waals surface area contributed by atoms with E-state index >= 15 is 0 Å². The maximum absolute atomic E-state index is 5.86. The van der Waals surface area contributed by atoms with E-state index in [4.69, 9.17) is 10.5 Å². The second-order valence-corrected chi connectivity index (χ2v) is 5.74. The average Bonchev–Trinajstić information content (AvgIpc) is 2.79. The van der Waals surface area contributed by atoms with Crippen molar-refractivity contribution in [2.45, 2.75) is 24.2 Å². The maximum atomic E-state index is 5.86. The molecule has 2 aliphatic heterocycles. The minimum absolute atomic E-state index is 0.0519. The zero-order chi connectivity index (χ0) is 12.6. The molecule has 2 aliphatic rings. The lowest BCUT2D eigenvalue weighted by Gasteiger charge is -2.38. The Labute approximate surface area is 108 Å². The highest BCUT2D eigenvalue weighted by Crippen LogP contribution is 2.32. The van der Waals surface area contributed by atoms with Gasteiger partial charge in [-0.05, 0) is 33.0 Å². The van der Waals surface area contributed by atoms with Crippen LogP contribution in [0.3, 0.4) is 0 Å². The fraction of sp³-hybridized carbons (Fsp3) is 0.769. The van der Waals surface area contributed by atoms with Gasteiger partial charge in [-0.25, -0.2) is 4.98 Å². The second-order valence-electron chi connectivity index (χ2n) is 5.74. The molecule has 18 heavy (non-hydrogen) atoms. The molecule has 0 bridgehead atoms. The number of nitrogens with one attached hydrogen (secondary N) is 1. The van der Waals surface area contributed by atoms with Gasteiger partial charge in [0, 0.05) is 24.4 Å². The van der Waals surface area contributed by atoms with Gasteiger partial charge in [-0.15, -0.1) is 0 Å². The average molecular weight is 250 g/mol. The van der Waals surface area contributed by atoms with Crippen LogP contribution in [0.25, 0.3) is 0 Å². The summed E-state index contributed by atoms with van der Waals surface area (Å²) in [4.78, 5) is 10.4. The van der Waals surface area contributed by atoms with Crippen LogP contribution >= 0.6 is 0 Å². The van der Waals surface area contributed by atoms with Gasteiger partial charge in [0.15, 0.2) is 0 Å². The predicted octanol–water partition coefficient (Wildman–Crippen LogP) is 0.446. The molecule has 3 N–H and O–H groups in total. The molecule has 0 aromatic carbocycles. The molecule has 5 nitrogen and oxygen atoms in total. The Morgan fingerprint density at radius 1 is 1.50 bits per heavy atom. The van der Waals surface area contributed by atoms with Crippen LogP contribution in [0.5, 0.6) is 0 Å². The first kappa shape index (κ1) is 12.1. The summed E-state index contributed by atoms with van der Waals surface area (Å²) in [6.45, 7) is 4.34. The molecule has 0 radical (unpaired) electrons. The number of piperidine rings is 1. The van der Waals surface area contributed by atoms with Gasteiger partial charge in [-0.1, -0.05) is 0 Å². The normalized spacial score (nSPS) is 25.0. The minimum Gasteiger partial charge on any atom is -0.379 e.